The molecule has 0 saturated heterocycles. The lowest BCUT2D eigenvalue weighted by molar-refractivity contribution is -0.149. The molecule has 3 aromatic heterocycles. The van der Waals surface area contributed by atoms with Crippen molar-refractivity contribution in [1.82, 2.24) is 19.2 Å². The van der Waals surface area contributed by atoms with Crippen LogP contribution >= 0.6 is 0 Å². The zero-order chi connectivity index (χ0) is 16.2. The van der Waals surface area contributed by atoms with Crippen molar-refractivity contribution in [3.05, 3.63) is 65.0 Å². The maximum absolute atomic E-state index is 12.1. The van der Waals surface area contributed by atoms with Gasteiger partial charge in [-0.25, -0.2) is 9.48 Å². The predicted octanol–water partition coefficient (Wildman–Crippen LogP) is 1.59. The van der Waals surface area contributed by atoms with E-state index in [1.165, 1.54) is 9.08 Å². The van der Waals surface area contributed by atoms with Crippen molar-refractivity contribution in [3.63, 3.8) is 0 Å². The minimum Gasteiger partial charge on any atom is -0.456 e. The van der Waals surface area contributed by atoms with Crippen LogP contribution in [0, 0.1) is 0 Å². The molecule has 0 aromatic carbocycles. The van der Waals surface area contributed by atoms with E-state index in [4.69, 9.17) is 4.74 Å². The van der Waals surface area contributed by atoms with Crippen LogP contribution in [0.1, 0.15) is 25.1 Å². The Morgan fingerprint density at radius 1 is 1.26 bits per heavy atom. The molecule has 0 N–H and O–H groups in total. The number of aryl methyl sites for hydroxylation is 1. The third-order valence-corrected chi connectivity index (χ3v) is 3.43. The molecular formula is C16H16N4O3. The number of carbonyl (C=O) groups is 1. The Morgan fingerprint density at radius 2 is 2.09 bits per heavy atom. The van der Waals surface area contributed by atoms with E-state index in [0.29, 0.717) is 11.3 Å². The van der Waals surface area contributed by atoms with E-state index in [0.717, 1.165) is 0 Å². The normalized spacial score (nSPS) is 12.2. The molecule has 118 valence electrons. The van der Waals surface area contributed by atoms with Gasteiger partial charge in [0, 0.05) is 12.4 Å². The molecule has 0 aliphatic heterocycles. The molecule has 3 heterocycles. The molecule has 0 bridgehead atoms. The number of pyridine rings is 2. The van der Waals surface area contributed by atoms with Crippen molar-refractivity contribution >= 4 is 11.6 Å². The third-order valence-electron chi connectivity index (χ3n) is 3.43. The van der Waals surface area contributed by atoms with Gasteiger partial charge >= 0.3 is 11.7 Å². The van der Waals surface area contributed by atoms with Crippen LogP contribution in [0.25, 0.3) is 5.65 Å². The topological polar surface area (TPSA) is 78.5 Å². The van der Waals surface area contributed by atoms with Gasteiger partial charge in [0.25, 0.3) is 0 Å². The second-order valence-corrected chi connectivity index (χ2v) is 5.07. The Hall–Kier alpha value is -2.96. The van der Waals surface area contributed by atoms with E-state index in [-0.39, 0.29) is 18.7 Å². The highest BCUT2D eigenvalue weighted by molar-refractivity contribution is 5.69. The van der Waals surface area contributed by atoms with Crippen molar-refractivity contribution in [2.75, 3.05) is 0 Å². The van der Waals surface area contributed by atoms with Crippen molar-refractivity contribution in [2.24, 2.45) is 0 Å². The molecule has 7 nitrogen and oxygen atoms in total. The Morgan fingerprint density at radius 3 is 2.83 bits per heavy atom. The van der Waals surface area contributed by atoms with Gasteiger partial charge in [0.15, 0.2) is 5.65 Å². The maximum atomic E-state index is 12.1. The molecule has 0 saturated carbocycles. The second kappa shape index (κ2) is 6.43. The van der Waals surface area contributed by atoms with Gasteiger partial charge in [-0.1, -0.05) is 12.1 Å². The molecule has 23 heavy (non-hydrogen) atoms. The number of rotatable bonds is 5. The number of carbonyl (C=O) groups excluding carboxylic acids is 1. The van der Waals surface area contributed by atoms with E-state index in [1.807, 2.05) is 6.07 Å². The van der Waals surface area contributed by atoms with Crippen LogP contribution in [-0.2, 0) is 16.1 Å². The van der Waals surface area contributed by atoms with Crippen LogP contribution in [0.2, 0.25) is 0 Å². The first-order chi connectivity index (χ1) is 11.1. The van der Waals surface area contributed by atoms with Gasteiger partial charge in [-0.05, 0) is 31.2 Å². The maximum Gasteiger partial charge on any atom is 0.350 e. The number of fused-ring (bicyclic) bond motifs is 1. The Labute approximate surface area is 132 Å². The largest absolute Gasteiger partial charge is 0.456 e. The average molecular weight is 312 g/mol. The van der Waals surface area contributed by atoms with Gasteiger partial charge in [-0.2, -0.15) is 0 Å². The summed E-state index contributed by atoms with van der Waals surface area (Å²) in [5, 5.41) is 4.17. The first-order valence-corrected chi connectivity index (χ1v) is 7.30. The Bertz CT molecular complexity index is 870. The summed E-state index contributed by atoms with van der Waals surface area (Å²) in [5.74, 6) is -0.396. The van der Waals surface area contributed by atoms with Gasteiger partial charge in [0.2, 0.25) is 0 Å². The molecule has 0 unspecified atom stereocenters. The zero-order valence-corrected chi connectivity index (χ0v) is 12.6. The number of ether oxygens (including phenoxy) is 1. The zero-order valence-electron chi connectivity index (χ0n) is 12.6. The lowest BCUT2D eigenvalue weighted by Crippen LogP contribution is -2.23. The van der Waals surface area contributed by atoms with Crippen LogP contribution in [0.15, 0.2) is 53.6 Å². The molecule has 1 atom stereocenters. The van der Waals surface area contributed by atoms with Crippen LogP contribution in [0.5, 0.6) is 0 Å². The fraction of sp³-hybridized carbons (Fsp3) is 0.250. The van der Waals surface area contributed by atoms with Crippen LogP contribution < -0.4 is 5.69 Å². The van der Waals surface area contributed by atoms with Crippen molar-refractivity contribution in [1.29, 1.82) is 0 Å². The molecule has 0 amide bonds. The van der Waals surface area contributed by atoms with Crippen LogP contribution in [-0.4, -0.2) is 25.1 Å². The molecule has 3 aromatic rings. The fourth-order valence-electron chi connectivity index (χ4n) is 2.24. The molecular weight excluding hydrogens is 296 g/mol. The monoisotopic (exact) mass is 312 g/mol. The van der Waals surface area contributed by atoms with E-state index in [9.17, 15) is 9.59 Å². The van der Waals surface area contributed by atoms with Gasteiger partial charge in [-0.3, -0.25) is 14.2 Å². The lowest BCUT2D eigenvalue weighted by Gasteiger charge is -2.12. The van der Waals surface area contributed by atoms with E-state index < -0.39 is 12.1 Å². The summed E-state index contributed by atoms with van der Waals surface area (Å²) < 4.78 is 8.02. The minimum atomic E-state index is -0.429. The summed E-state index contributed by atoms with van der Waals surface area (Å²) in [6, 6.07) is 10.7. The number of esters is 1. The van der Waals surface area contributed by atoms with Crippen molar-refractivity contribution in [3.8, 4) is 0 Å². The average Bonchev–Trinajstić information content (AvgIpc) is 2.90. The number of hydrogen-bond donors (Lipinski definition) is 0. The molecule has 0 radical (unpaired) electrons. The predicted molar refractivity (Wildman–Crippen MR) is 82.8 cm³/mol. The molecule has 0 aliphatic carbocycles. The highest BCUT2D eigenvalue weighted by Crippen LogP contribution is 2.14. The highest BCUT2D eigenvalue weighted by Gasteiger charge is 2.14. The van der Waals surface area contributed by atoms with Crippen LogP contribution in [0.3, 0.4) is 0 Å². The SMILES string of the molecule is C[C@@H](OC(=O)CCn1nc2ccccn2c1=O)c1ccccn1. The van der Waals surface area contributed by atoms with Gasteiger partial charge in [0.1, 0.15) is 6.10 Å². The lowest BCUT2D eigenvalue weighted by atomic mass is 10.2. The highest BCUT2D eigenvalue weighted by atomic mass is 16.5. The summed E-state index contributed by atoms with van der Waals surface area (Å²) in [6.07, 6.45) is 2.93. The summed E-state index contributed by atoms with van der Waals surface area (Å²) in [6.45, 7) is 1.94. The number of nitrogens with zero attached hydrogens (tertiary/aromatic N) is 4. The van der Waals surface area contributed by atoms with E-state index in [1.54, 1.807) is 49.6 Å². The van der Waals surface area contributed by atoms with Gasteiger partial charge < -0.3 is 4.74 Å². The molecule has 3 rings (SSSR count). The second-order valence-electron chi connectivity index (χ2n) is 5.07. The molecule has 0 aliphatic rings. The smallest absolute Gasteiger partial charge is 0.350 e. The summed E-state index contributed by atoms with van der Waals surface area (Å²) in [7, 11) is 0. The summed E-state index contributed by atoms with van der Waals surface area (Å²) >= 11 is 0. The fourth-order valence-corrected chi connectivity index (χ4v) is 2.24. The Balaban J connectivity index is 1.62. The molecule has 7 heteroatoms. The summed E-state index contributed by atoms with van der Waals surface area (Å²) in [5.41, 5.74) is 0.963. The molecule has 0 fully saturated rings. The first kappa shape index (κ1) is 15.0. The number of aromatic nitrogens is 4. The standard InChI is InChI=1S/C16H16N4O3/c1-12(13-6-2-4-9-17-13)23-15(21)8-11-20-16(22)19-10-5-3-7-14(19)18-20/h2-7,9-10,12H,8,11H2,1H3/t12-/m1/s1. The van der Waals surface area contributed by atoms with E-state index >= 15 is 0 Å². The third kappa shape index (κ3) is 3.28. The van der Waals surface area contributed by atoms with Crippen LogP contribution in [0.4, 0.5) is 0 Å². The quantitative estimate of drug-likeness (QED) is 0.668. The molecule has 0 spiro atoms. The van der Waals surface area contributed by atoms with E-state index in [2.05, 4.69) is 10.1 Å². The van der Waals surface area contributed by atoms with Gasteiger partial charge in [-0.15, -0.1) is 5.10 Å². The van der Waals surface area contributed by atoms with Crippen molar-refractivity contribution < 1.29 is 9.53 Å². The summed E-state index contributed by atoms with van der Waals surface area (Å²) in [4.78, 5) is 28.2. The Kier molecular flexibility index (Phi) is 4.18. The van der Waals surface area contributed by atoms with Gasteiger partial charge in [0.05, 0.1) is 18.7 Å². The first-order valence-electron chi connectivity index (χ1n) is 7.30. The number of hydrogen-bond acceptors (Lipinski definition) is 5. The van der Waals surface area contributed by atoms with Crippen molar-refractivity contribution in [2.45, 2.75) is 26.0 Å². The minimum absolute atomic E-state index is 0.0704.